The van der Waals surface area contributed by atoms with Crippen molar-refractivity contribution >= 4 is 0 Å². The van der Waals surface area contributed by atoms with Crippen LogP contribution in [0.15, 0.2) is 0 Å². The Morgan fingerprint density at radius 3 is 2.21 bits per heavy atom. The average molecular weight is 201 g/mol. The number of nitrogens with one attached hydrogen (secondary N) is 1. The minimum Gasteiger partial charge on any atom is -0.385 e. The van der Waals surface area contributed by atoms with E-state index in [0.29, 0.717) is 6.04 Å². The van der Waals surface area contributed by atoms with Gasteiger partial charge in [-0.1, -0.05) is 27.7 Å². The van der Waals surface area contributed by atoms with Crippen molar-refractivity contribution in [2.24, 2.45) is 11.8 Å². The van der Waals surface area contributed by atoms with E-state index in [1.54, 1.807) is 7.11 Å². The number of hydrogen-bond acceptors (Lipinski definition) is 2. The lowest BCUT2D eigenvalue weighted by atomic mass is 9.94. The van der Waals surface area contributed by atoms with E-state index in [0.717, 1.165) is 25.0 Å². The van der Waals surface area contributed by atoms with Crippen molar-refractivity contribution in [2.75, 3.05) is 20.3 Å². The maximum absolute atomic E-state index is 5.13. The number of methoxy groups -OCH3 is 1. The molecule has 1 unspecified atom stereocenters. The van der Waals surface area contributed by atoms with Crippen LogP contribution < -0.4 is 5.32 Å². The molecule has 2 heteroatoms. The maximum Gasteiger partial charge on any atom is 0.0465 e. The highest BCUT2D eigenvalue weighted by Gasteiger charge is 2.10. The average Bonchev–Trinajstić information content (AvgIpc) is 2.09. The first-order valence-electron chi connectivity index (χ1n) is 5.78. The van der Waals surface area contributed by atoms with Crippen molar-refractivity contribution in [3.8, 4) is 0 Å². The van der Waals surface area contributed by atoms with E-state index in [4.69, 9.17) is 4.74 Å². The van der Waals surface area contributed by atoms with E-state index in [2.05, 4.69) is 33.0 Å². The Morgan fingerprint density at radius 1 is 1.14 bits per heavy atom. The Balaban J connectivity index is 3.72. The molecule has 0 aliphatic carbocycles. The van der Waals surface area contributed by atoms with Gasteiger partial charge < -0.3 is 10.1 Å². The molecule has 0 amide bonds. The molecule has 0 aliphatic heterocycles. The van der Waals surface area contributed by atoms with Gasteiger partial charge in [0.25, 0.3) is 0 Å². The van der Waals surface area contributed by atoms with Crippen molar-refractivity contribution in [3.63, 3.8) is 0 Å². The van der Waals surface area contributed by atoms with E-state index in [1.807, 2.05) is 0 Å². The molecule has 0 spiro atoms. The highest BCUT2D eigenvalue weighted by atomic mass is 16.5. The lowest BCUT2D eigenvalue weighted by Crippen LogP contribution is -2.30. The van der Waals surface area contributed by atoms with E-state index in [-0.39, 0.29) is 0 Å². The van der Waals surface area contributed by atoms with Crippen LogP contribution in [-0.4, -0.2) is 26.3 Å². The van der Waals surface area contributed by atoms with Gasteiger partial charge >= 0.3 is 0 Å². The largest absolute Gasteiger partial charge is 0.385 e. The molecular formula is C12H27NO. The summed E-state index contributed by atoms with van der Waals surface area (Å²) in [5.41, 5.74) is 0. The molecule has 14 heavy (non-hydrogen) atoms. The number of hydrogen-bond donors (Lipinski definition) is 1. The predicted molar refractivity (Wildman–Crippen MR) is 62.6 cm³/mol. The summed E-state index contributed by atoms with van der Waals surface area (Å²) in [4.78, 5) is 0. The van der Waals surface area contributed by atoms with Gasteiger partial charge in [-0.15, -0.1) is 0 Å². The van der Waals surface area contributed by atoms with Crippen LogP contribution in [0.5, 0.6) is 0 Å². The molecule has 0 heterocycles. The first kappa shape index (κ1) is 13.9. The summed E-state index contributed by atoms with van der Waals surface area (Å²) >= 11 is 0. The second kappa shape index (κ2) is 8.25. The second-order valence-corrected chi connectivity index (χ2v) is 4.84. The third-order valence-corrected chi connectivity index (χ3v) is 2.35. The van der Waals surface area contributed by atoms with Crippen molar-refractivity contribution < 1.29 is 4.74 Å². The first-order valence-corrected chi connectivity index (χ1v) is 5.78. The number of rotatable bonds is 8. The quantitative estimate of drug-likeness (QED) is 0.652. The molecule has 0 saturated heterocycles. The van der Waals surface area contributed by atoms with Crippen LogP contribution in [0.4, 0.5) is 0 Å². The van der Waals surface area contributed by atoms with Crippen molar-refractivity contribution in [1.82, 2.24) is 5.32 Å². The topological polar surface area (TPSA) is 21.3 Å². The normalized spacial score (nSPS) is 13.9. The molecule has 0 bridgehead atoms. The van der Waals surface area contributed by atoms with Gasteiger partial charge in [-0.2, -0.15) is 0 Å². The van der Waals surface area contributed by atoms with Crippen LogP contribution in [0.1, 0.15) is 40.5 Å². The van der Waals surface area contributed by atoms with Crippen LogP contribution in [0, 0.1) is 11.8 Å². The van der Waals surface area contributed by atoms with Crippen molar-refractivity contribution in [3.05, 3.63) is 0 Å². The standard InChI is InChI=1S/C12H27NO/c1-10(2)8-12(6-7-14-5)9-13-11(3)4/h10-13H,6-9H2,1-5H3. The zero-order valence-corrected chi connectivity index (χ0v) is 10.5. The molecular weight excluding hydrogens is 174 g/mol. The van der Waals surface area contributed by atoms with Crippen LogP contribution >= 0.6 is 0 Å². The summed E-state index contributed by atoms with van der Waals surface area (Å²) < 4.78 is 5.13. The van der Waals surface area contributed by atoms with E-state index in [1.165, 1.54) is 12.8 Å². The smallest absolute Gasteiger partial charge is 0.0465 e. The third kappa shape index (κ3) is 8.52. The lowest BCUT2D eigenvalue weighted by molar-refractivity contribution is 0.169. The summed E-state index contributed by atoms with van der Waals surface area (Å²) in [7, 11) is 1.78. The predicted octanol–water partition coefficient (Wildman–Crippen LogP) is 2.68. The van der Waals surface area contributed by atoms with Crippen LogP contribution in [0.2, 0.25) is 0 Å². The van der Waals surface area contributed by atoms with Gasteiger partial charge in [0.05, 0.1) is 0 Å². The molecule has 0 aromatic heterocycles. The van der Waals surface area contributed by atoms with Gasteiger partial charge in [-0.3, -0.25) is 0 Å². The fourth-order valence-corrected chi connectivity index (χ4v) is 1.66. The van der Waals surface area contributed by atoms with Crippen LogP contribution in [0.25, 0.3) is 0 Å². The van der Waals surface area contributed by atoms with E-state index < -0.39 is 0 Å². The zero-order chi connectivity index (χ0) is 11.0. The highest BCUT2D eigenvalue weighted by Crippen LogP contribution is 2.14. The summed E-state index contributed by atoms with van der Waals surface area (Å²) in [6.45, 7) is 11.0. The Kier molecular flexibility index (Phi) is 8.20. The van der Waals surface area contributed by atoms with Gasteiger partial charge in [0, 0.05) is 19.8 Å². The van der Waals surface area contributed by atoms with E-state index >= 15 is 0 Å². The summed E-state index contributed by atoms with van der Waals surface area (Å²) in [6.07, 6.45) is 2.47. The van der Waals surface area contributed by atoms with Gasteiger partial charge in [-0.05, 0) is 31.2 Å². The molecule has 0 aromatic carbocycles. The summed E-state index contributed by atoms with van der Waals surface area (Å²) in [5.74, 6) is 1.54. The van der Waals surface area contributed by atoms with E-state index in [9.17, 15) is 0 Å². The molecule has 0 radical (unpaired) electrons. The molecule has 0 fully saturated rings. The highest BCUT2D eigenvalue weighted by molar-refractivity contribution is 4.66. The van der Waals surface area contributed by atoms with Crippen LogP contribution in [-0.2, 0) is 4.74 Å². The second-order valence-electron chi connectivity index (χ2n) is 4.84. The Bertz CT molecular complexity index is 123. The molecule has 0 rings (SSSR count). The monoisotopic (exact) mass is 201 g/mol. The molecule has 1 N–H and O–H groups in total. The molecule has 0 aliphatic rings. The Labute approximate surface area is 89.4 Å². The lowest BCUT2D eigenvalue weighted by Gasteiger charge is -2.20. The van der Waals surface area contributed by atoms with Gasteiger partial charge in [0.15, 0.2) is 0 Å². The molecule has 2 nitrogen and oxygen atoms in total. The van der Waals surface area contributed by atoms with Gasteiger partial charge in [-0.25, -0.2) is 0 Å². The molecule has 1 atom stereocenters. The molecule has 0 saturated carbocycles. The first-order chi connectivity index (χ1) is 6.56. The fraction of sp³-hybridized carbons (Fsp3) is 1.00. The van der Waals surface area contributed by atoms with Crippen molar-refractivity contribution in [1.29, 1.82) is 0 Å². The van der Waals surface area contributed by atoms with Crippen LogP contribution in [0.3, 0.4) is 0 Å². The Morgan fingerprint density at radius 2 is 1.79 bits per heavy atom. The SMILES string of the molecule is COCCC(CNC(C)C)CC(C)C. The maximum atomic E-state index is 5.13. The molecule has 0 aromatic rings. The third-order valence-electron chi connectivity index (χ3n) is 2.35. The molecule has 86 valence electrons. The minimum absolute atomic E-state index is 0.590. The Hall–Kier alpha value is -0.0800. The summed E-state index contributed by atoms with van der Waals surface area (Å²) in [5, 5.41) is 3.50. The van der Waals surface area contributed by atoms with Gasteiger partial charge in [0.2, 0.25) is 0 Å². The van der Waals surface area contributed by atoms with Crippen molar-refractivity contribution in [2.45, 2.75) is 46.6 Å². The summed E-state index contributed by atoms with van der Waals surface area (Å²) in [6, 6.07) is 0.590. The zero-order valence-electron chi connectivity index (χ0n) is 10.5. The van der Waals surface area contributed by atoms with Gasteiger partial charge in [0.1, 0.15) is 0 Å². The fourth-order valence-electron chi connectivity index (χ4n) is 1.66. The number of ether oxygens (including phenoxy) is 1. The minimum atomic E-state index is 0.590.